The number of ether oxygens (including phenoxy) is 1. The summed E-state index contributed by atoms with van der Waals surface area (Å²) in [6.07, 6.45) is 5.35. The Hall–Kier alpha value is -2.11. The smallest absolute Gasteiger partial charge is 0.338 e. The molecule has 1 saturated carbocycles. The number of carbonyl (C=O) groups is 1. The number of hydrogen-bond acceptors (Lipinski definition) is 5. The second kappa shape index (κ2) is 7.96. The van der Waals surface area contributed by atoms with Crippen LogP contribution in [0.3, 0.4) is 0 Å². The maximum absolute atomic E-state index is 12.9. The van der Waals surface area contributed by atoms with Crippen molar-refractivity contribution in [1.82, 2.24) is 0 Å². The number of allylic oxidation sites excluding steroid dienone is 2. The third-order valence-electron chi connectivity index (χ3n) is 6.91. The molecule has 0 bridgehead atoms. The molecule has 158 valence electrons. The lowest BCUT2D eigenvalue weighted by Gasteiger charge is -2.43. The van der Waals surface area contributed by atoms with Gasteiger partial charge in [0.2, 0.25) is 0 Å². The molecule has 3 N–H and O–H groups in total. The number of fused-ring (bicyclic) bond motifs is 1. The Kier molecular flexibility index (Phi) is 5.93. The number of aliphatic hydroxyl groups is 2. The number of benzene rings is 1. The van der Waals surface area contributed by atoms with Crippen molar-refractivity contribution in [3.05, 3.63) is 53.1 Å². The fourth-order valence-electron chi connectivity index (χ4n) is 5.19. The molecule has 1 aromatic rings. The molecule has 0 amide bonds. The zero-order chi connectivity index (χ0) is 21.4. The zero-order valence-corrected chi connectivity index (χ0v) is 17.7. The number of aliphatic hydroxyl groups excluding tert-OH is 1. The van der Waals surface area contributed by atoms with Crippen molar-refractivity contribution in [2.75, 3.05) is 6.61 Å². The second-order valence-corrected chi connectivity index (χ2v) is 9.13. The predicted molar refractivity (Wildman–Crippen MR) is 111 cm³/mol. The highest BCUT2D eigenvalue weighted by molar-refractivity contribution is 5.89. The van der Waals surface area contributed by atoms with Crippen LogP contribution in [0.25, 0.3) is 0 Å². The molecular formula is C24H32O5. The lowest BCUT2D eigenvalue weighted by molar-refractivity contribution is -0.101. The quantitative estimate of drug-likeness (QED) is 0.665. The van der Waals surface area contributed by atoms with E-state index in [4.69, 9.17) is 4.74 Å². The van der Waals surface area contributed by atoms with Crippen LogP contribution < -0.4 is 0 Å². The molecule has 1 fully saturated rings. The number of esters is 1. The molecular weight excluding hydrogens is 368 g/mol. The van der Waals surface area contributed by atoms with E-state index in [1.807, 2.05) is 32.9 Å². The predicted octanol–water partition coefficient (Wildman–Crippen LogP) is 3.99. The summed E-state index contributed by atoms with van der Waals surface area (Å²) in [7, 11) is 0. The van der Waals surface area contributed by atoms with Crippen LogP contribution in [0, 0.1) is 17.3 Å². The van der Waals surface area contributed by atoms with Crippen molar-refractivity contribution in [2.45, 2.75) is 58.7 Å². The van der Waals surface area contributed by atoms with Crippen LogP contribution in [0.2, 0.25) is 0 Å². The average Bonchev–Trinajstić information content (AvgIpc) is 2.87. The Morgan fingerprint density at radius 2 is 1.93 bits per heavy atom. The van der Waals surface area contributed by atoms with Crippen LogP contribution >= 0.6 is 0 Å². The first-order chi connectivity index (χ1) is 13.6. The van der Waals surface area contributed by atoms with Gasteiger partial charge in [-0.15, -0.1) is 0 Å². The van der Waals surface area contributed by atoms with Crippen molar-refractivity contribution >= 4 is 5.97 Å². The van der Waals surface area contributed by atoms with Gasteiger partial charge < -0.3 is 20.1 Å². The van der Waals surface area contributed by atoms with Crippen molar-refractivity contribution in [1.29, 1.82) is 0 Å². The molecule has 0 aromatic heterocycles. The van der Waals surface area contributed by atoms with Crippen LogP contribution in [0.1, 0.15) is 57.3 Å². The summed E-state index contributed by atoms with van der Waals surface area (Å²) < 4.78 is 5.97. The molecule has 29 heavy (non-hydrogen) atoms. The van der Waals surface area contributed by atoms with Gasteiger partial charge in [0, 0.05) is 5.92 Å². The highest BCUT2D eigenvalue weighted by Crippen LogP contribution is 2.58. The van der Waals surface area contributed by atoms with Crippen LogP contribution in [0.4, 0.5) is 0 Å². The molecule has 4 atom stereocenters. The third-order valence-corrected chi connectivity index (χ3v) is 6.91. The van der Waals surface area contributed by atoms with Gasteiger partial charge in [-0.25, -0.2) is 4.79 Å². The monoisotopic (exact) mass is 400 g/mol. The molecule has 1 unspecified atom stereocenters. The Labute approximate surface area is 172 Å². The van der Waals surface area contributed by atoms with Crippen LogP contribution in [-0.2, 0) is 4.74 Å². The summed E-state index contributed by atoms with van der Waals surface area (Å²) in [4.78, 5) is 12.9. The first kappa shape index (κ1) is 21.6. The molecule has 0 radical (unpaired) electrons. The van der Waals surface area contributed by atoms with E-state index in [1.54, 1.807) is 0 Å². The minimum Gasteiger partial charge on any atom is -0.508 e. The van der Waals surface area contributed by atoms with Gasteiger partial charge in [-0.1, -0.05) is 26.8 Å². The largest absolute Gasteiger partial charge is 0.508 e. The summed E-state index contributed by atoms with van der Waals surface area (Å²) in [6, 6.07) is 5.98. The Bertz CT molecular complexity index is 822. The van der Waals surface area contributed by atoms with Crippen molar-refractivity contribution in [2.24, 2.45) is 17.3 Å². The normalized spacial score (nSPS) is 33.3. The molecule has 1 aromatic carbocycles. The summed E-state index contributed by atoms with van der Waals surface area (Å²) in [5.74, 6) is -0.631. The topological polar surface area (TPSA) is 87.0 Å². The molecule has 0 spiro atoms. The summed E-state index contributed by atoms with van der Waals surface area (Å²) in [5, 5.41) is 30.6. The number of aromatic hydroxyl groups is 1. The van der Waals surface area contributed by atoms with Crippen LogP contribution in [0.15, 0.2) is 47.6 Å². The first-order valence-corrected chi connectivity index (χ1v) is 10.3. The van der Waals surface area contributed by atoms with E-state index in [1.165, 1.54) is 24.3 Å². The fraction of sp³-hybridized carbons (Fsp3) is 0.542. The molecule has 0 aliphatic heterocycles. The highest BCUT2D eigenvalue weighted by atomic mass is 16.5. The van der Waals surface area contributed by atoms with Gasteiger partial charge in [0.05, 0.1) is 17.8 Å². The zero-order valence-electron chi connectivity index (χ0n) is 17.7. The maximum Gasteiger partial charge on any atom is 0.338 e. The van der Waals surface area contributed by atoms with E-state index in [2.05, 4.69) is 6.92 Å². The lowest BCUT2D eigenvalue weighted by Crippen LogP contribution is -2.49. The van der Waals surface area contributed by atoms with E-state index in [0.29, 0.717) is 12.0 Å². The first-order valence-electron chi connectivity index (χ1n) is 10.3. The molecule has 3 rings (SSSR count). The summed E-state index contributed by atoms with van der Waals surface area (Å²) in [5.41, 5.74) is 1.16. The maximum atomic E-state index is 12.9. The van der Waals surface area contributed by atoms with Gasteiger partial charge in [0.1, 0.15) is 11.9 Å². The number of rotatable bonds is 4. The standard InChI is InChI=1S/C24H32O5/c1-15(2)24(28)11-10-23(4)14-18(9-12-25)16(3)13-20(21(23)24)29-22(27)17-5-7-19(26)8-6-17/h5-9,13,15,20-21,25-26,28H,10-12,14H2,1-4H3/b18-9-/t20-,21?,23+,24+/m0/s1. The SMILES string of the molecule is CC1=C[C@H](OC(=O)c2ccc(O)cc2)C2[C@](C)(CC[C@@]2(O)C(C)C)C/C1=C/CO. The van der Waals surface area contributed by atoms with Gasteiger partial charge in [0.25, 0.3) is 0 Å². The van der Waals surface area contributed by atoms with E-state index in [9.17, 15) is 20.1 Å². The molecule has 0 heterocycles. The van der Waals surface area contributed by atoms with Gasteiger partial charge in [-0.2, -0.15) is 0 Å². The Morgan fingerprint density at radius 3 is 2.52 bits per heavy atom. The lowest BCUT2D eigenvalue weighted by atomic mass is 9.67. The van der Waals surface area contributed by atoms with E-state index >= 15 is 0 Å². The third kappa shape index (κ3) is 3.99. The number of hydrogen-bond donors (Lipinski definition) is 3. The average molecular weight is 401 g/mol. The highest BCUT2D eigenvalue weighted by Gasteiger charge is 2.59. The number of carbonyl (C=O) groups excluding carboxylic acids is 1. The summed E-state index contributed by atoms with van der Waals surface area (Å²) >= 11 is 0. The molecule has 2 aliphatic carbocycles. The second-order valence-electron chi connectivity index (χ2n) is 9.13. The molecule has 2 aliphatic rings. The van der Waals surface area contributed by atoms with Crippen molar-refractivity contribution in [3.8, 4) is 5.75 Å². The molecule has 5 nitrogen and oxygen atoms in total. The van der Waals surface area contributed by atoms with E-state index in [-0.39, 0.29) is 29.6 Å². The Morgan fingerprint density at radius 1 is 1.28 bits per heavy atom. The van der Waals surface area contributed by atoms with Crippen molar-refractivity contribution in [3.63, 3.8) is 0 Å². The number of phenolic OH excluding ortho intramolecular Hbond substituents is 1. The van der Waals surface area contributed by atoms with Gasteiger partial charge in [-0.05, 0) is 79.0 Å². The van der Waals surface area contributed by atoms with Gasteiger partial charge in [0.15, 0.2) is 0 Å². The number of phenols is 1. The Balaban J connectivity index is 2.03. The van der Waals surface area contributed by atoms with Crippen molar-refractivity contribution < 1.29 is 24.9 Å². The molecule has 0 saturated heterocycles. The van der Waals surface area contributed by atoms with Gasteiger partial charge >= 0.3 is 5.97 Å². The fourth-order valence-corrected chi connectivity index (χ4v) is 5.19. The summed E-state index contributed by atoms with van der Waals surface area (Å²) in [6.45, 7) is 8.08. The minimum absolute atomic E-state index is 0.0151. The van der Waals surface area contributed by atoms with Gasteiger partial charge in [-0.3, -0.25) is 0 Å². The van der Waals surface area contributed by atoms with E-state index < -0.39 is 17.7 Å². The minimum atomic E-state index is -0.944. The van der Waals surface area contributed by atoms with E-state index in [0.717, 1.165) is 24.0 Å². The van der Waals surface area contributed by atoms with Crippen LogP contribution in [0.5, 0.6) is 5.75 Å². The molecule has 5 heteroatoms. The van der Waals surface area contributed by atoms with Crippen LogP contribution in [-0.4, -0.2) is 39.6 Å².